The molecule has 17 heavy (non-hydrogen) atoms. The lowest BCUT2D eigenvalue weighted by atomic mass is 9.90. The average molecular weight is 244 g/mol. The number of hydrogen-bond acceptors (Lipinski definition) is 3. The Hall–Kier alpha value is -1.61. The first kappa shape index (κ1) is 10.5. The molecule has 1 aliphatic rings. The van der Waals surface area contributed by atoms with Crippen molar-refractivity contribution in [2.24, 2.45) is 0 Å². The molecule has 0 unspecified atom stereocenters. The lowest BCUT2D eigenvalue weighted by Crippen LogP contribution is -2.11. The fourth-order valence-corrected chi connectivity index (χ4v) is 2.76. The third-order valence-electron chi connectivity index (χ3n) is 2.97. The third-order valence-corrected chi connectivity index (χ3v) is 3.71. The molecule has 0 spiro atoms. The van der Waals surface area contributed by atoms with Crippen LogP contribution in [0.2, 0.25) is 0 Å². The highest BCUT2D eigenvalue weighted by Gasteiger charge is 2.20. The van der Waals surface area contributed by atoms with Crippen molar-refractivity contribution in [1.82, 2.24) is 0 Å². The summed E-state index contributed by atoms with van der Waals surface area (Å²) in [6.07, 6.45) is 2.52. The van der Waals surface area contributed by atoms with Gasteiger partial charge in [-0.25, -0.2) is 0 Å². The largest absolute Gasteiger partial charge is 0.446 e. The third kappa shape index (κ3) is 1.98. The van der Waals surface area contributed by atoms with Crippen LogP contribution >= 0.6 is 11.3 Å². The van der Waals surface area contributed by atoms with Crippen LogP contribution in [0.15, 0.2) is 35.7 Å². The van der Waals surface area contributed by atoms with E-state index in [0.29, 0.717) is 6.42 Å². The molecular weight excluding hydrogens is 232 g/mol. The zero-order valence-corrected chi connectivity index (χ0v) is 10.1. The number of fused-ring (bicyclic) bond motifs is 1. The Morgan fingerprint density at radius 2 is 2.06 bits per heavy atom. The molecule has 0 fully saturated rings. The molecule has 0 radical (unpaired) electrons. The quantitative estimate of drug-likeness (QED) is 0.796. The topological polar surface area (TPSA) is 26.3 Å². The molecule has 0 saturated carbocycles. The number of ketones is 1. The van der Waals surface area contributed by atoms with Crippen LogP contribution in [0.5, 0.6) is 10.8 Å². The summed E-state index contributed by atoms with van der Waals surface area (Å²) in [5.74, 6) is 1.07. The predicted octanol–water partition coefficient (Wildman–Crippen LogP) is 4.06. The number of rotatable bonds is 2. The molecule has 3 rings (SSSR count). The van der Waals surface area contributed by atoms with Crippen molar-refractivity contribution >= 4 is 17.1 Å². The molecule has 3 heteroatoms. The summed E-state index contributed by atoms with van der Waals surface area (Å²) < 4.78 is 5.83. The first-order valence-corrected chi connectivity index (χ1v) is 6.59. The number of hydrogen-bond donors (Lipinski definition) is 0. The Balaban J connectivity index is 2.00. The van der Waals surface area contributed by atoms with Gasteiger partial charge < -0.3 is 4.74 Å². The lowest BCUT2D eigenvalue weighted by Gasteiger charge is -2.17. The van der Waals surface area contributed by atoms with Gasteiger partial charge in [-0.1, -0.05) is 12.1 Å². The van der Waals surface area contributed by atoms with Gasteiger partial charge in [0, 0.05) is 17.5 Å². The second kappa shape index (κ2) is 4.34. The number of benzene rings is 1. The summed E-state index contributed by atoms with van der Waals surface area (Å²) in [6, 6.07) is 9.63. The Bertz CT molecular complexity index is 543. The normalized spacial score (nSPS) is 14.5. The van der Waals surface area contributed by atoms with Crippen LogP contribution < -0.4 is 4.74 Å². The Morgan fingerprint density at radius 3 is 2.88 bits per heavy atom. The highest BCUT2D eigenvalue weighted by molar-refractivity contribution is 7.11. The standard InChI is InChI=1S/C14H12O2S/c15-12-6-1-5-11-10(12)4-2-7-13(11)16-14-8-3-9-17-14/h2-4,7-9H,1,5-6H2. The molecule has 0 N–H and O–H groups in total. The van der Waals surface area contributed by atoms with Crippen LogP contribution in [0, 0.1) is 0 Å². The van der Waals surface area contributed by atoms with Crippen molar-refractivity contribution in [2.45, 2.75) is 19.3 Å². The van der Waals surface area contributed by atoms with E-state index in [1.807, 2.05) is 35.7 Å². The first-order chi connectivity index (χ1) is 8.34. The number of ether oxygens (including phenoxy) is 1. The van der Waals surface area contributed by atoms with Gasteiger partial charge in [-0.2, -0.15) is 0 Å². The minimum Gasteiger partial charge on any atom is -0.446 e. The van der Waals surface area contributed by atoms with E-state index in [1.165, 1.54) is 0 Å². The zero-order chi connectivity index (χ0) is 11.7. The highest BCUT2D eigenvalue weighted by Crippen LogP contribution is 2.34. The molecule has 1 aromatic heterocycles. The minimum absolute atomic E-state index is 0.239. The summed E-state index contributed by atoms with van der Waals surface area (Å²) in [6.45, 7) is 0. The van der Waals surface area contributed by atoms with Crippen molar-refractivity contribution in [3.63, 3.8) is 0 Å². The SMILES string of the molecule is O=C1CCCc2c(Oc3cccs3)cccc21. The van der Waals surface area contributed by atoms with Crippen molar-refractivity contribution in [1.29, 1.82) is 0 Å². The molecule has 0 atom stereocenters. The Morgan fingerprint density at radius 1 is 1.12 bits per heavy atom. The average Bonchev–Trinajstić information content (AvgIpc) is 2.83. The summed E-state index contributed by atoms with van der Waals surface area (Å²) in [5.41, 5.74) is 1.91. The van der Waals surface area contributed by atoms with Crippen LogP contribution in [0.3, 0.4) is 0 Å². The smallest absolute Gasteiger partial charge is 0.180 e. The first-order valence-electron chi connectivity index (χ1n) is 5.71. The molecule has 1 heterocycles. The van der Waals surface area contributed by atoms with E-state index >= 15 is 0 Å². The molecular formula is C14H12O2S. The Labute approximate surface area is 104 Å². The van der Waals surface area contributed by atoms with E-state index in [9.17, 15) is 4.79 Å². The van der Waals surface area contributed by atoms with Gasteiger partial charge in [0.25, 0.3) is 0 Å². The monoisotopic (exact) mass is 244 g/mol. The maximum Gasteiger partial charge on any atom is 0.180 e. The number of carbonyl (C=O) groups is 1. The van der Waals surface area contributed by atoms with Gasteiger partial charge in [-0.05, 0) is 36.4 Å². The lowest BCUT2D eigenvalue weighted by molar-refractivity contribution is 0.0972. The summed E-state index contributed by atoms with van der Waals surface area (Å²) >= 11 is 1.56. The second-order valence-corrected chi connectivity index (χ2v) is 5.00. The van der Waals surface area contributed by atoms with E-state index in [2.05, 4.69) is 0 Å². The van der Waals surface area contributed by atoms with Crippen molar-refractivity contribution in [3.05, 3.63) is 46.8 Å². The summed E-state index contributed by atoms with van der Waals surface area (Å²) in [7, 11) is 0. The maximum absolute atomic E-state index is 11.8. The zero-order valence-electron chi connectivity index (χ0n) is 9.31. The molecule has 0 amide bonds. The molecule has 86 valence electrons. The van der Waals surface area contributed by atoms with Crippen LogP contribution in [0.4, 0.5) is 0 Å². The van der Waals surface area contributed by atoms with Gasteiger partial charge in [-0.3, -0.25) is 4.79 Å². The van der Waals surface area contributed by atoms with Crippen molar-refractivity contribution in [3.8, 4) is 10.8 Å². The van der Waals surface area contributed by atoms with Gasteiger partial charge in [0.05, 0.1) is 0 Å². The van der Waals surface area contributed by atoms with Gasteiger partial charge in [0.2, 0.25) is 0 Å². The van der Waals surface area contributed by atoms with Crippen LogP contribution in [0.1, 0.15) is 28.8 Å². The molecule has 2 nitrogen and oxygen atoms in total. The van der Waals surface area contributed by atoms with E-state index in [0.717, 1.165) is 34.8 Å². The predicted molar refractivity (Wildman–Crippen MR) is 68.1 cm³/mol. The van der Waals surface area contributed by atoms with Crippen molar-refractivity contribution in [2.75, 3.05) is 0 Å². The molecule has 1 aliphatic carbocycles. The summed E-state index contributed by atoms with van der Waals surface area (Å²) in [4.78, 5) is 11.8. The van der Waals surface area contributed by atoms with E-state index in [-0.39, 0.29) is 5.78 Å². The van der Waals surface area contributed by atoms with Crippen LogP contribution in [0.25, 0.3) is 0 Å². The second-order valence-electron chi connectivity index (χ2n) is 4.09. The number of carbonyl (C=O) groups excluding carboxylic acids is 1. The molecule has 0 saturated heterocycles. The summed E-state index contributed by atoms with van der Waals surface area (Å²) in [5, 5.41) is 2.85. The molecule has 1 aromatic carbocycles. The molecule has 2 aromatic rings. The van der Waals surface area contributed by atoms with E-state index in [1.54, 1.807) is 11.3 Å². The van der Waals surface area contributed by atoms with Crippen LogP contribution in [-0.4, -0.2) is 5.78 Å². The van der Waals surface area contributed by atoms with Gasteiger partial charge in [-0.15, -0.1) is 11.3 Å². The number of thiophene rings is 1. The van der Waals surface area contributed by atoms with Gasteiger partial charge in [0.15, 0.2) is 10.8 Å². The Kier molecular flexibility index (Phi) is 2.69. The van der Waals surface area contributed by atoms with Gasteiger partial charge >= 0.3 is 0 Å². The molecule has 0 bridgehead atoms. The van der Waals surface area contributed by atoms with E-state index in [4.69, 9.17) is 4.74 Å². The number of Topliss-reactive ketones (excluding diaryl/α,β-unsaturated/α-hetero) is 1. The van der Waals surface area contributed by atoms with Crippen molar-refractivity contribution < 1.29 is 9.53 Å². The van der Waals surface area contributed by atoms with E-state index < -0.39 is 0 Å². The fourth-order valence-electron chi connectivity index (χ4n) is 2.17. The maximum atomic E-state index is 11.8. The minimum atomic E-state index is 0.239. The van der Waals surface area contributed by atoms with Gasteiger partial charge in [0.1, 0.15) is 5.75 Å². The molecule has 0 aliphatic heterocycles. The fraction of sp³-hybridized carbons (Fsp3) is 0.214. The van der Waals surface area contributed by atoms with Crippen LogP contribution in [-0.2, 0) is 6.42 Å². The highest BCUT2D eigenvalue weighted by atomic mass is 32.1.